The van der Waals surface area contributed by atoms with Gasteiger partial charge in [0.15, 0.2) is 5.96 Å². The number of rotatable bonds is 6. The second-order valence-corrected chi connectivity index (χ2v) is 8.41. The third kappa shape index (κ3) is 4.93. The van der Waals surface area contributed by atoms with Crippen LogP contribution in [-0.2, 0) is 17.7 Å². The molecular formula is C24H31N3O4. The topological polar surface area (TPSA) is 120 Å². The summed E-state index contributed by atoms with van der Waals surface area (Å²) in [7, 11) is 0. The van der Waals surface area contributed by atoms with E-state index in [0.29, 0.717) is 24.3 Å². The summed E-state index contributed by atoms with van der Waals surface area (Å²) in [6.45, 7) is 8.46. The number of esters is 1. The normalized spacial score (nSPS) is 17.4. The molecule has 3 rings (SSSR count). The van der Waals surface area contributed by atoms with Crippen molar-refractivity contribution in [2.45, 2.75) is 59.1 Å². The van der Waals surface area contributed by atoms with Gasteiger partial charge in [0.05, 0.1) is 18.7 Å². The molecule has 166 valence electrons. The molecule has 0 aromatic heterocycles. The quantitative estimate of drug-likeness (QED) is 0.370. The Morgan fingerprint density at radius 2 is 1.84 bits per heavy atom. The van der Waals surface area contributed by atoms with Gasteiger partial charge in [-0.05, 0) is 74.9 Å². The van der Waals surface area contributed by atoms with Gasteiger partial charge in [-0.1, -0.05) is 12.1 Å². The molecule has 0 spiro atoms. The SMILES string of the molecule is Cc1c(C)c2c(c(C)c1O)CCC(C)(CCOC(=O)c1ccc(CN=C(N)N)cc1)O2. The van der Waals surface area contributed by atoms with E-state index in [4.69, 9.17) is 20.9 Å². The first-order valence-corrected chi connectivity index (χ1v) is 10.4. The lowest BCUT2D eigenvalue weighted by Crippen LogP contribution is -2.38. The molecule has 0 aliphatic carbocycles. The van der Waals surface area contributed by atoms with Crippen molar-refractivity contribution >= 4 is 11.9 Å². The molecule has 0 saturated carbocycles. The highest BCUT2D eigenvalue weighted by molar-refractivity contribution is 5.89. The maximum Gasteiger partial charge on any atom is 0.338 e. The lowest BCUT2D eigenvalue weighted by atomic mass is 9.86. The second-order valence-electron chi connectivity index (χ2n) is 8.41. The molecule has 1 heterocycles. The molecule has 7 heteroatoms. The minimum atomic E-state index is -0.433. The summed E-state index contributed by atoms with van der Waals surface area (Å²) < 4.78 is 11.9. The molecule has 1 aliphatic heterocycles. The first-order chi connectivity index (χ1) is 14.6. The number of guanidine groups is 1. The van der Waals surface area contributed by atoms with E-state index in [-0.39, 0.29) is 18.5 Å². The molecule has 0 amide bonds. The van der Waals surface area contributed by atoms with E-state index in [1.54, 1.807) is 24.3 Å². The van der Waals surface area contributed by atoms with Crippen LogP contribution in [0.2, 0.25) is 0 Å². The summed E-state index contributed by atoms with van der Waals surface area (Å²) in [4.78, 5) is 16.3. The fraction of sp³-hybridized carbons (Fsp3) is 0.417. The molecule has 0 fully saturated rings. The van der Waals surface area contributed by atoms with Gasteiger partial charge >= 0.3 is 5.97 Å². The Labute approximate surface area is 183 Å². The Kier molecular flexibility index (Phi) is 6.43. The molecule has 1 atom stereocenters. The molecular weight excluding hydrogens is 394 g/mol. The summed E-state index contributed by atoms with van der Waals surface area (Å²) in [6.07, 6.45) is 2.19. The van der Waals surface area contributed by atoms with Crippen LogP contribution in [0.1, 0.15) is 57.9 Å². The molecule has 0 radical (unpaired) electrons. The van der Waals surface area contributed by atoms with Gasteiger partial charge in [-0.3, -0.25) is 0 Å². The number of phenolic OH excluding ortho intramolecular Hbond substituents is 1. The maximum atomic E-state index is 12.4. The zero-order valence-electron chi connectivity index (χ0n) is 18.6. The molecule has 0 saturated heterocycles. The van der Waals surface area contributed by atoms with Crippen LogP contribution in [0, 0.1) is 20.8 Å². The van der Waals surface area contributed by atoms with Crippen LogP contribution in [0.5, 0.6) is 11.5 Å². The summed E-state index contributed by atoms with van der Waals surface area (Å²) >= 11 is 0. The van der Waals surface area contributed by atoms with E-state index in [9.17, 15) is 9.90 Å². The minimum absolute atomic E-state index is 0.0295. The van der Waals surface area contributed by atoms with Crippen LogP contribution in [0.25, 0.3) is 0 Å². The van der Waals surface area contributed by atoms with Crippen LogP contribution in [-0.4, -0.2) is 29.2 Å². The second kappa shape index (κ2) is 8.88. The highest BCUT2D eigenvalue weighted by Gasteiger charge is 2.34. The van der Waals surface area contributed by atoms with Gasteiger partial charge in [-0.15, -0.1) is 0 Å². The van der Waals surface area contributed by atoms with Crippen molar-refractivity contribution in [1.82, 2.24) is 0 Å². The van der Waals surface area contributed by atoms with Crippen molar-refractivity contribution in [2.24, 2.45) is 16.5 Å². The number of phenols is 1. The summed E-state index contributed by atoms with van der Waals surface area (Å²) in [5, 5.41) is 10.3. The number of aromatic hydroxyl groups is 1. The number of benzene rings is 2. The first-order valence-electron chi connectivity index (χ1n) is 10.4. The molecule has 2 aromatic rings. The zero-order chi connectivity index (χ0) is 22.8. The van der Waals surface area contributed by atoms with E-state index >= 15 is 0 Å². The third-order valence-electron chi connectivity index (χ3n) is 6.09. The number of aliphatic imine (C=N–C) groups is 1. The van der Waals surface area contributed by atoms with E-state index in [0.717, 1.165) is 46.4 Å². The van der Waals surface area contributed by atoms with Gasteiger partial charge in [0, 0.05) is 12.0 Å². The fourth-order valence-corrected chi connectivity index (χ4v) is 3.84. The smallest absolute Gasteiger partial charge is 0.338 e. The summed E-state index contributed by atoms with van der Waals surface area (Å²) in [5.74, 6) is 0.855. The lowest BCUT2D eigenvalue weighted by Gasteiger charge is -2.37. The molecule has 1 aliphatic rings. The van der Waals surface area contributed by atoms with Crippen molar-refractivity contribution in [3.05, 3.63) is 57.6 Å². The molecule has 7 nitrogen and oxygen atoms in total. The Hall–Kier alpha value is -3.22. The van der Waals surface area contributed by atoms with Crippen LogP contribution in [0.3, 0.4) is 0 Å². The molecule has 5 N–H and O–H groups in total. The number of ether oxygens (including phenoxy) is 2. The van der Waals surface area contributed by atoms with Crippen molar-refractivity contribution in [3.8, 4) is 11.5 Å². The van der Waals surface area contributed by atoms with Gasteiger partial charge in [-0.2, -0.15) is 0 Å². The Morgan fingerprint density at radius 3 is 2.48 bits per heavy atom. The van der Waals surface area contributed by atoms with Crippen molar-refractivity contribution < 1.29 is 19.4 Å². The van der Waals surface area contributed by atoms with Crippen LogP contribution in [0.15, 0.2) is 29.3 Å². The van der Waals surface area contributed by atoms with Gasteiger partial charge < -0.3 is 26.0 Å². The standard InChI is InChI=1S/C24H31N3O4/c1-14-15(2)21-19(16(3)20(14)28)9-10-24(4,31-21)11-12-30-22(29)18-7-5-17(6-8-18)13-27-23(25)26/h5-8,28H,9-13H2,1-4H3,(H4,25,26,27). The molecule has 31 heavy (non-hydrogen) atoms. The van der Waals surface area contributed by atoms with Crippen LogP contribution >= 0.6 is 0 Å². The van der Waals surface area contributed by atoms with Crippen molar-refractivity contribution in [3.63, 3.8) is 0 Å². The van der Waals surface area contributed by atoms with Crippen LogP contribution < -0.4 is 16.2 Å². The molecule has 1 unspecified atom stereocenters. The van der Waals surface area contributed by atoms with Gasteiger partial charge in [0.25, 0.3) is 0 Å². The van der Waals surface area contributed by atoms with E-state index in [1.807, 2.05) is 27.7 Å². The minimum Gasteiger partial charge on any atom is -0.507 e. The number of hydrogen-bond acceptors (Lipinski definition) is 5. The predicted molar refractivity (Wildman–Crippen MR) is 121 cm³/mol. The highest BCUT2D eigenvalue weighted by atomic mass is 16.5. The Bertz CT molecular complexity index is 1010. The maximum absolute atomic E-state index is 12.4. The molecule has 0 bridgehead atoms. The third-order valence-corrected chi connectivity index (χ3v) is 6.09. The zero-order valence-corrected chi connectivity index (χ0v) is 18.6. The highest BCUT2D eigenvalue weighted by Crippen LogP contribution is 2.44. The largest absolute Gasteiger partial charge is 0.507 e. The van der Waals surface area contributed by atoms with Crippen molar-refractivity contribution in [1.29, 1.82) is 0 Å². The van der Waals surface area contributed by atoms with Crippen molar-refractivity contribution in [2.75, 3.05) is 6.61 Å². The monoisotopic (exact) mass is 425 g/mol. The van der Waals surface area contributed by atoms with E-state index in [2.05, 4.69) is 4.99 Å². The summed E-state index contributed by atoms with van der Waals surface area (Å²) in [5.41, 5.74) is 15.4. The number of hydrogen-bond donors (Lipinski definition) is 3. The van der Waals surface area contributed by atoms with E-state index < -0.39 is 5.60 Å². The number of carbonyl (C=O) groups excluding carboxylic acids is 1. The van der Waals surface area contributed by atoms with Gasteiger partial charge in [0.2, 0.25) is 0 Å². The Morgan fingerprint density at radius 1 is 1.16 bits per heavy atom. The van der Waals surface area contributed by atoms with Gasteiger partial charge in [0.1, 0.15) is 17.1 Å². The number of fused-ring (bicyclic) bond motifs is 1. The average Bonchev–Trinajstić information content (AvgIpc) is 2.75. The fourth-order valence-electron chi connectivity index (χ4n) is 3.84. The van der Waals surface area contributed by atoms with Crippen LogP contribution in [0.4, 0.5) is 0 Å². The molecule has 2 aromatic carbocycles. The number of carbonyl (C=O) groups is 1. The average molecular weight is 426 g/mol. The number of nitrogens with two attached hydrogens (primary N) is 2. The Balaban J connectivity index is 1.60. The first kappa shape index (κ1) is 22.5. The lowest BCUT2D eigenvalue weighted by molar-refractivity contribution is 0.0178. The van der Waals surface area contributed by atoms with E-state index in [1.165, 1.54) is 0 Å². The predicted octanol–water partition coefficient (Wildman–Crippen LogP) is 3.42. The van der Waals surface area contributed by atoms with Gasteiger partial charge in [-0.25, -0.2) is 9.79 Å². The summed E-state index contributed by atoms with van der Waals surface area (Å²) in [6, 6.07) is 7.01. The number of nitrogens with zero attached hydrogens (tertiary/aromatic N) is 1.